The van der Waals surface area contributed by atoms with Gasteiger partial charge in [-0.25, -0.2) is 4.98 Å². The molecule has 50 heavy (non-hydrogen) atoms. The van der Waals surface area contributed by atoms with E-state index in [2.05, 4.69) is 186 Å². The van der Waals surface area contributed by atoms with Gasteiger partial charge in [0.05, 0.1) is 21.4 Å². The van der Waals surface area contributed by atoms with Crippen molar-refractivity contribution in [1.82, 2.24) is 9.38 Å². The van der Waals surface area contributed by atoms with Crippen LogP contribution in [0.1, 0.15) is 0 Å². The van der Waals surface area contributed by atoms with Gasteiger partial charge >= 0.3 is 0 Å². The maximum absolute atomic E-state index is 5.14. The molecule has 0 radical (unpaired) electrons. The summed E-state index contributed by atoms with van der Waals surface area (Å²) in [6.45, 7) is 0. The highest BCUT2D eigenvalue weighted by Gasteiger charge is 2.17. The van der Waals surface area contributed by atoms with E-state index in [9.17, 15) is 0 Å². The molecule has 0 atom stereocenters. The minimum Gasteiger partial charge on any atom is -0.291 e. The number of para-hydroxylation sites is 2. The molecule has 3 heteroatoms. The van der Waals surface area contributed by atoms with Crippen molar-refractivity contribution in [3.63, 3.8) is 0 Å². The van der Waals surface area contributed by atoms with Crippen LogP contribution in [0.15, 0.2) is 182 Å². The molecule has 0 aliphatic carbocycles. The van der Waals surface area contributed by atoms with E-state index in [0.29, 0.717) is 0 Å². The molecule has 0 amide bonds. The summed E-state index contributed by atoms with van der Waals surface area (Å²) < 4.78 is 4.85. The van der Waals surface area contributed by atoms with Gasteiger partial charge in [0, 0.05) is 15.5 Å². The number of benzene rings is 7. The second-order valence-corrected chi connectivity index (χ2v) is 13.9. The summed E-state index contributed by atoms with van der Waals surface area (Å²) in [5, 5.41) is 2.54. The molecule has 10 rings (SSSR count). The molecule has 234 valence electrons. The van der Waals surface area contributed by atoms with Gasteiger partial charge in [-0.3, -0.25) is 4.40 Å². The van der Waals surface area contributed by atoms with Crippen LogP contribution >= 0.6 is 11.3 Å². The average Bonchev–Trinajstić information content (AvgIpc) is 3.77. The predicted octanol–water partition coefficient (Wildman–Crippen LogP) is 13.2. The fourth-order valence-corrected chi connectivity index (χ4v) is 8.45. The third kappa shape index (κ3) is 4.82. The number of rotatable bonds is 5. The summed E-state index contributed by atoms with van der Waals surface area (Å²) in [5.41, 5.74) is 15.1. The van der Waals surface area contributed by atoms with E-state index in [0.717, 1.165) is 22.4 Å². The lowest BCUT2D eigenvalue weighted by Gasteiger charge is -2.12. The number of aromatic nitrogens is 2. The predicted molar refractivity (Wildman–Crippen MR) is 213 cm³/mol. The molecule has 0 saturated carbocycles. The molecule has 0 unspecified atom stereocenters. The highest BCUT2D eigenvalue weighted by Crippen LogP contribution is 2.41. The van der Waals surface area contributed by atoms with Gasteiger partial charge in [0.15, 0.2) is 5.65 Å². The SMILES string of the molecule is c1ccc(-c2cc(-c3ccccc3)cc(-c3ccc(-c4ccc(-c5cc6c7ccccc7sc6c6nc7ccccc7n56)cc4)cc3)c2)cc1. The summed E-state index contributed by atoms with van der Waals surface area (Å²) in [7, 11) is 0. The van der Waals surface area contributed by atoms with E-state index in [1.807, 2.05) is 11.3 Å². The van der Waals surface area contributed by atoms with Crippen molar-refractivity contribution in [2.45, 2.75) is 0 Å². The molecular formula is C47H30N2S. The topological polar surface area (TPSA) is 17.3 Å². The van der Waals surface area contributed by atoms with Crippen LogP contribution in [-0.2, 0) is 0 Å². The molecule has 0 N–H and O–H groups in total. The third-order valence-electron chi connectivity index (χ3n) is 9.80. The van der Waals surface area contributed by atoms with Crippen molar-refractivity contribution in [3.8, 4) is 55.8 Å². The van der Waals surface area contributed by atoms with Crippen LogP contribution in [-0.4, -0.2) is 9.38 Å². The van der Waals surface area contributed by atoms with Crippen molar-refractivity contribution >= 4 is 48.2 Å². The Morgan fingerprint density at radius 1 is 0.380 bits per heavy atom. The minimum atomic E-state index is 1.01. The highest BCUT2D eigenvalue weighted by atomic mass is 32.1. The van der Waals surface area contributed by atoms with Crippen LogP contribution in [0.4, 0.5) is 0 Å². The molecule has 0 fully saturated rings. The largest absolute Gasteiger partial charge is 0.291 e. The number of pyridine rings is 1. The van der Waals surface area contributed by atoms with Crippen LogP contribution < -0.4 is 0 Å². The maximum atomic E-state index is 5.14. The zero-order valence-electron chi connectivity index (χ0n) is 27.1. The number of imidazole rings is 1. The van der Waals surface area contributed by atoms with Gasteiger partial charge in [-0.05, 0) is 92.5 Å². The van der Waals surface area contributed by atoms with Crippen molar-refractivity contribution in [1.29, 1.82) is 0 Å². The molecule has 0 spiro atoms. The molecule has 10 aromatic rings. The fourth-order valence-electron chi connectivity index (χ4n) is 7.29. The Kier molecular flexibility index (Phi) is 6.71. The molecule has 7 aromatic carbocycles. The molecule has 3 aromatic heterocycles. The van der Waals surface area contributed by atoms with E-state index < -0.39 is 0 Å². The fraction of sp³-hybridized carbons (Fsp3) is 0. The Balaban J connectivity index is 1.04. The lowest BCUT2D eigenvalue weighted by Crippen LogP contribution is -1.93. The monoisotopic (exact) mass is 654 g/mol. The maximum Gasteiger partial charge on any atom is 0.156 e. The summed E-state index contributed by atoms with van der Waals surface area (Å²) in [6, 6.07) is 65.7. The van der Waals surface area contributed by atoms with Crippen LogP contribution in [0, 0.1) is 0 Å². The molecule has 0 bridgehead atoms. The van der Waals surface area contributed by atoms with Crippen LogP contribution in [0.2, 0.25) is 0 Å². The van der Waals surface area contributed by atoms with E-state index in [4.69, 9.17) is 4.98 Å². The zero-order chi connectivity index (χ0) is 33.0. The number of hydrogen-bond donors (Lipinski definition) is 0. The molecule has 0 aliphatic rings. The first-order valence-corrected chi connectivity index (χ1v) is 17.8. The lowest BCUT2D eigenvalue weighted by molar-refractivity contribution is 1.25. The Morgan fingerprint density at radius 2 is 0.860 bits per heavy atom. The first-order valence-electron chi connectivity index (χ1n) is 17.0. The Bertz CT molecular complexity index is 2770. The minimum absolute atomic E-state index is 1.01. The van der Waals surface area contributed by atoms with Gasteiger partial charge in [-0.15, -0.1) is 11.3 Å². The first-order chi connectivity index (χ1) is 24.8. The molecule has 2 nitrogen and oxygen atoms in total. The molecule has 0 saturated heterocycles. The van der Waals surface area contributed by atoms with Gasteiger partial charge in [0.25, 0.3) is 0 Å². The van der Waals surface area contributed by atoms with E-state index in [1.54, 1.807) is 0 Å². The summed E-state index contributed by atoms with van der Waals surface area (Å²) >= 11 is 1.83. The number of fused-ring (bicyclic) bond motifs is 7. The Morgan fingerprint density at radius 3 is 1.48 bits per heavy atom. The van der Waals surface area contributed by atoms with E-state index >= 15 is 0 Å². The van der Waals surface area contributed by atoms with Crippen molar-refractivity contribution in [3.05, 3.63) is 182 Å². The quantitative estimate of drug-likeness (QED) is 0.181. The number of nitrogens with zero attached hydrogens (tertiary/aromatic N) is 2. The summed E-state index contributed by atoms with van der Waals surface area (Å²) in [6.07, 6.45) is 0. The van der Waals surface area contributed by atoms with Crippen molar-refractivity contribution in [2.24, 2.45) is 0 Å². The standard InChI is InChI=1S/C47H30N2S/c1-3-11-31(12-4-1)37-27-38(32-13-5-2-6-14-32)29-39(28-37)35-21-19-33(20-22-35)34-23-25-36(26-24-34)44-30-41-40-15-7-10-18-45(40)50-46(41)47-48-42-16-8-9-17-43(42)49(44)47/h1-30H. The van der Waals surface area contributed by atoms with E-state index in [1.165, 1.54) is 70.2 Å². The Labute approximate surface area is 294 Å². The zero-order valence-corrected chi connectivity index (χ0v) is 27.9. The van der Waals surface area contributed by atoms with Gasteiger partial charge in [-0.1, -0.05) is 140 Å². The molecule has 0 aliphatic heterocycles. The van der Waals surface area contributed by atoms with Crippen LogP contribution in [0.25, 0.3) is 92.6 Å². The van der Waals surface area contributed by atoms with E-state index in [-0.39, 0.29) is 0 Å². The normalized spacial score (nSPS) is 11.6. The first kappa shape index (κ1) is 28.7. The van der Waals surface area contributed by atoms with Crippen molar-refractivity contribution in [2.75, 3.05) is 0 Å². The van der Waals surface area contributed by atoms with Gasteiger partial charge in [-0.2, -0.15) is 0 Å². The van der Waals surface area contributed by atoms with Gasteiger partial charge < -0.3 is 0 Å². The lowest BCUT2D eigenvalue weighted by atomic mass is 9.92. The highest BCUT2D eigenvalue weighted by molar-refractivity contribution is 7.26. The van der Waals surface area contributed by atoms with Gasteiger partial charge in [0.2, 0.25) is 0 Å². The molecular weight excluding hydrogens is 625 g/mol. The molecule has 3 heterocycles. The second kappa shape index (κ2) is 11.7. The summed E-state index contributed by atoms with van der Waals surface area (Å²) in [4.78, 5) is 5.14. The smallest absolute Gasteiger partial charge is 0.156 e. The van der Waals surface area contributed by atoms with Gasteiger partial charge in [0.1, 0.15) is 0 Å². The Hall–Kier alpha value is -6.29. The third-order valence-corrected chi connectivity index (χ3v) is 11.0. The summed E-state index contributed by atoms with van der Waals surface area (Å²) in [5.74, 6) is 0. The number of thiophene rings is 1. The average molecular weight is 655 g/mol. The number of hydrogen-bond acceptors (Lipinski definition) is 2. The van der Waals surface area contributed by atoms with Crippen LogP contribution in [0.3, 0.4) is 0 Å². The van der Waals surface area contributed by atoms with Crippen molar-refractivity contribution < 1.29 is 0 Å². The second-order valence-electron chi connectivity index (χ2n) is 12.8. The van der Waals surface area contributed by atoms with Crippen LogP contribution in [0.5, 0.6) is 0 Å².